The molecule has 1 N–H and O–H groups in total. The minimum Gasteiger partial charge on any atom is -0.339 e. The lowest BCUT2D eigenvalue weighted by Gasteiger charge is -2.35. The number of likely N-dealkylation sites (tertiary alicyclic amines) is 1. The number of hydrogen-bond acceptors (Lipinski definition) is 4. The molecule has 0 aliphatic carbocycles. The highest BCUT2D eigenvalue weighted by Gasteiger charge is 2.28. The molecule has 2 saturated heterocycles. The fraction of sp³-hybridized carbons (Fsp3) is 0.692. The molecule has 1 atom stereocenters. The Balaban J connectivity index is 1.58. The number of carbonyl (C=O) groups excluding carboxylic acids is 2. The Labute approximate surface area is 123 Å². The Morgan fingerprint density at radius 2 is 2.29 bits per heavy atom. The van der Waals surface area contributed by atoms with Gasteiger partial charge in [-0.15, -0.1) is 0 Å². The molecule has 0 aromatic carbocycles. The van der Waals surface area contributed by atoms with E-state index in [2.05, 4.69) is 15.4 Å². The van der Waals surface area contributed by atoms with Gasteiger partial charge in [0.1, 0.15) is 19.2 Å². The summed E-state index contributed by atoms with van der Waals surface area (Å²) in [5.74, 6) is 0.0110. The van der Waals surface area contributed by atoms with E-state index in [4.69, 9.17) is 0 Å². The van der Waals surface area contributed by atoms with Crippen molar-refractivity contribution < 1.29 is 9.59 Å². The molecule has 0 bridgehead atoms. The third-order valence-electron chi connectivity index (χ3n) is 4.05. The number of amides is 3. The number of aromatic nitrogens is 3. The molecule has 114 valence electrons. The van der Waals surface area contributed by atoms with Crippen LogP contribution in [0.3, 0.4) is 0 Å². The number of urea groups is 1. The Kier molecular flexibility index (Phi) is 4.03. The highest BCUT2D eigenvalue weighted by molar-refractivity contribution is 5.84. The maximum Gasteiger partial charge on any atom is 0.317 e. The fourth-order valence-electron chi connectivity index (χ4n) is 2.90. The molecule has 8 nitrogen and oxygen atoms in total. The van der Waals surface area contributed by atoms with Crippen LogP contribution in [-0.2, 0) is 4.79 Å². The predicted molar refractivity (Wildman–Crippen MR) is 74.5 cm³/mol. The fourth-order valence-corrected chi connectivity index (χ4v) is 2.90. The molecular formula is C13H20N6O2. The molecule has 2 aliphatic rings. The molecule has 2 fully saturated rings. The summed E-state index contributed by atoms with van der Waals surface area (Å²) in [5.41, 5.74) is 0. The Bertz CT molecular complexity index is 503. The van der Waals surface area contributed by atoms with Crippen LogP contribution in [-0.4, -0.2) is 69.2 Å². The number of piperidine rings is 1. The van der Waals surface area contributed by atoms with Crippen LogP contribution in [0.25, 0.3) is 0 Å². The summed E-state index contributed by atoms with van der Waals surface area (Å²) >= 11 is 0. The van der Waals surface area contributed by atoms with E-state index < -0.39 is 0 Å². The molecule has 3 heterocycles. The van der Waals surface area contributed by atoms with Crippen LogP contribution in [0.2, 0.25) is 0 Å². The molecule has 3 rings (SSSR count). The molecule has 0 saturated carbocycles. The summed E-state index contributed by atoms with van der Waals surface area (Å²) < 4.78 is 1.81. The zero-order valence-corrected chi connectivity index (χ0v) is 11.9. The molecule has 0 radical (unpaired) electrons. The van der Waals surface area contributed by atoms with Crippen LogP contribution < -0.4 is 5.32 Å². The number of nitrogens with one attached hydrogen (secondary N) is 1. The van der Waals surface area contributed by atoms with Gasteiger partial charge in [0.15, 0.2) is 0 Å². The Hall–Kier alpha value is -2.12. The first kappa shape index (κ1) is 13.8. The van der Waals surface area contributed by atoms with Crippen molar-refractivity contribution in [2.45, 2.75) is 25.3 Å². The lowest BCUT2D eigenvalue weighted by molar-refractivity contribution is -0.133. The molecule has 3 amide bonds. The van der Waals surface area contributed by atoms with Crippen LogP contribution in [0.15, 0.2) is 12.7 Å². The van der Waals surface area contributed by atoms with Gasteiger partial charge in [-0.1, -0.05) is 0 Å². The molecular weight excluding hydrogens is 272 g/mol. The molecule has 1 unspecified atom stereocenters. The van der Waals surface area contributed by atoms with E-state index in [1.165, 1.54) is 6.33 Å². The van der Waals surface area contributed by atoms with E-state index in [-0.39, 0.29) is 24.5 Å². The van der Waals surface area contributed by atoms with E-state index in [0.717, 1.165) is 25.8 Å². The van der Waals surface area contributed by atoms with E-state index in [9.17, 15) is 9.59 Å². The maximum atomic E-state index is 12.4. The van der Waals surface area contributed by atoms with E-state index in [0.29, 0.717) is 19.6 Å². The zero-order chi connectivity index (χ0) is 14.7. The molecule has 2 aliphatic heterocycles. The van der Waals surface area contributed by atoms with E-state index >= 15 is 0 Å². The monoisotopic (exact) mass is 292 g/mol. The third kappa shape index (κ3) is 3.14. The highest BCUT2D eigenvalue weighted by atomic mass is 16.2. The standard InChI is InChI=1S/C13H20N6O2/c20-12(8-18-6-2-4-15-13(18)21)17-5-1-3-11(7-17)19-10-14-9-16-19/h9-11H,1-8H2,(H,15,21). The molecule has 21 heavy (non-hydrogen) atoms. The molecule has 8 heteroatoms. The van der Waals surface area contributed by atoms with Gasteiger partial charge in [0, 0.05) is 26.2 Å². The zero-order valence-electron chi connectivity index (χ0n) is 11.9. The summed E-state index contributed by atoms with van der Waals surface area (Å²) in [6.07, 6.45) is 6.04. The average Bonchev–Trinajstić information content (AvgIpc) is 3.04. The van der Waals surface area contributed by atoms with Gasteiger partial charge in [0.2, 0.25) is 5.91 Å². The lowest BCUT2D eigenvalue weighted by Crippen LogP contribution is -2.52. The third-order valence-corrected chi connectivity index (χ3v) is 4.05. The van der Waals surface area contributed by atoms with Crippen molar-refractivity contribution in [3.8, 4) is 0 Å². The summed E-state index contributed by atoms with van der Waals surface area (Å²) in [4.78, 5) is 31.4. The van der Waals surface area contributed by atoms with Gasteiger partial charge in [-0.25, -0.2) is 14.5 Å². The van der Waals surface area contributed by atoms with Gasteiger partial charge in [0.25, 0.3) is 0 Å². The van der Waals surface area contributed by atoms with Gasteiger partial charge in [0.05, 0.1) is 6.04 Å². The van der Waals surface area contributed by atoms with Gasteiger partial charge >= 0.3 is 6.03 Å². The number of carbonyl (C=O) groups is 2. The minimum absolute atomic E-state index is 0.0110. The summed E-state index contributed by atoms with van der Waals surface area (Å²) in [7, 11) is 0. The van der Waals surface area contributed by atoms with Crippen molar-refractivity contribution in [3.05, 3.63) is 12.7 Å². The Morgan fingerprint density at radius 1 is 1.38 bits per heavy atom. The van der Waals surface area contributed by atoms with E-state index in [1.54, 1.807) is 11.2 Å². The van der Waals surface area contributed by atoms with Crippen molar-refractivity contribution in [2.24, 2.45) is 0 Å². The quantitative estimate of drug-likeness (QED) is 0.840. The second kappa shape index (κ2) is 6.11. The normalized spacial score (nSPS) is 23.0. The van der Waals surface area contributed by atoms with Crippen molar-refractivity contribution in [2.75, 3.05) is 32.7 Å². The first-order chi connectivity index (χ1) is 10.2. The first-order valence-corrected chi connectivity index (χ1v) is 7.38. The summed E-state index contributed by atoms with van der Waals surface area (Å²) in [5, 5.41) is 6.92. The van der Waals surface area contributed by atoms with Crippen molar-refractivity contribution in [1.29, 1.82) is 0 Å². The highest BCUT2D eigenvalue weighted by Crippen LogP contribution is 2.20. The van der Waals surface area contributed by atoms with E-state index in [1.807, 2.05) is 9.58 Å². The van der Waals surface area contributed by atoms with Crippen LogP contribution in [0.5, 0.6) is 0 Å². The van der Waals surface area contributed by atoms with Crippen LogP contribution >= 0.6 is 0 Å². The topological polar surface area (TPSA) is 83.4 Å². The second-order valence-electron chi connectivity index (χ2n) is 5.52. The predicted octanol–water partition coefficient (Wildman–Crippen LogP) is -0.143. The van der Waals surface area contributed by atoms with Crippen LogP contribution in [0, 0.1) is 0 Å². The lowest BCUT2D eigenvalue weighted by atomic mass is 10.1. The van der Waals surface area contributed by atoms with Gasteiger partial charge < -0.3 is 15.1 Å². The van der Waals surface area contributed by atoms with Gasteiger partial charge in [-0.05, 0) is 19.3 Å². The summed E-state index contributed by atoms with van der Waals surface area (Å²) in [6, 6.07) is 0.0415. The number of rotatable bonds is 3. The number of hydrogen-bond donors (Lipinski definition) is 1. The summed E-state index contributed by atoms with van der Waals surface area (Å²) in [6.45, 7) is 2.90. The maximum absolute atomic E-state index is 12.4. The minimum atomic E-state index is -0.139. The van der Waals surface area contributed by atoms with Crippen LogP contribution in [0.4, 0.5) is 4.79 Å². The molecule has 0 spiro atoms. The SMILES string of the molecule is O=C(CN1CCCNC1=O)N1CCCC(n2cncn2)C1. The number of nitrogens with zero attached hydrogens (tertiary/aromatic N) is 5. The van der Waals surface area contributed by atoms with Crippen molar-refractivity contribution in [3.63, 3.8) is 0 Å². The second-order valence-corrected chi connectivity index (χ2v) is 5.52. The first-order valence-electron chi connectivity index (χ1n) is 7.38. The van der Waals surface area contributed by atoms with Gasteiger partial charge in [-0.2, -0.15) is 5.10 Å². The van der Waals surface area contributed by atoms with Gasteiger partial charge in [-0.3, -0.25) is 4.79 Å². The molecule has 1 aromatic heterocycles. The van der Waals surface area contributed by atoms with Crippen molar-refractivity contribution in [1.82, 2.24) is 29.9 Å². The molecule has 1 aromatic rings. The van der Waals surface area contributed by atoms with Crippen LogP contribution in [0.1, 0.15) is 25.3 Å². The largest absolute Gasteiger partial charge is 0.339 e. The van der Waals surface area contributed by atoms with Crippen molar-refractivity contribution >= 4 is 11.9 Å². The smallest absolute Gasteiger partial charge is 0.317 e. The average molecular weight is 292 g/mol. The Morgan fingerprint density at radius 3 is 3.05 bits per heavy atom.